The molecule has 1 aromatic carbocycles. The summed E-state index contributed by atoms with van der Waals surface area (Å²) < 4.78 is 53.8. The van der Waals surface area contributed by atoms with Gasteiger partial charge in [0, 0.05) is 5.56 Å². The van der Waals surface area contributed by atoms with Crippen LogP contribution in [0.15, 0.2) is 24.3 Å². The van der Waals surface area contributed by atoms with Crippen LogP contribution in [0.3, 0.4) is 0 Å². The second-order valence-corrected chi connectivity index (χ2v) is 6.75. The van der Waals surface area contributed by atoms with E-state index in [2.05, 4.69) is 10.8 Å². The van der Waals surface area contributed by atoms with E-state index < -0.39 is 6.36 Å². The average molecular weight is 356 g/mol. The molecule has 2 saturated carbocycles. The van der Waals surface area contributed by atoms with E-state index in [9.17, 15) is 13.2 Å². The van der Waals surface area contributed by atoms with E-state index in [1.54, 1.807) is 13.0 Å². The molecule has 0 amide bonds. The van der Waals surface area contributed by atoms with Gasteiger partial charge in [-0.2, -0.15) is 0 Å². The summed E-state index contributed by atoms with van der Waals surface area (Å²) in [6.07, 6.45) is 4.88. The van der Waals surface area contributed by atoms with Crippen LogP contribution in [0.1, 0.15) is 37.7 Å². The number of rotatable bonds is 8. The molecule has 0 heterocycles. The molecule has 0 radical (unpaired) electrons. The first-order valence-electron chi connectivity index (χ1n) is 8.74. The molecule has 2 aliphatic carbocycles. The van der Waals surface area contributed by atoms with Crippen molar-refractivity contribution in [2.45, 2.75) is 45.4 Å². The molecule has 0 spiro atoms. The molecule has 2 fully saturated rings. The fourth-order valence-electron chi connectivity index (χ4n) is 2.70. The van der Waals surface area contributed by atoms with Crippen LogP contribution in [0.25, 0.3) is 0 Å². The summed E-state index contributed by atoms with van der Waals surface area (Å²) in [4.78, 5) is 0. The highest BCUT2D eigenvalue weighted by Crippen LogP contribution is 2.41. The summed E-state index contributed by atoms with van der Waals surface area (Å²) in [6, 6.07) is 3.13. The quantitative estimate of drug-likeness (QED) is 0.582. The van der Waals surface area contributed by atoms with Crippen molar-refractivity contribution in [3.8, 4) is 17.2 Å². The highest BCUT2D eigenvalue weighted by Gasteiger charge is 2.34. The minimum atomic E-state index is -4.77. The van der Waals surface area contributed by atoms with Crippen LogP contribution in [0.5, 0.6) is 17.2 Å². The smallest absolute Gasteiger partial charge is 0.489 e. The van der Waals surface area contributed by atoms with E-state index in [4.69, 9.17) is 9.47 Å². The molecule has 3 rings (SSSR count). The number of allylic oxidation sites excluding steroid dienone is 1. The molecule has 0 aliphatic heterocycles. The highest BCUT2D eigenvalue weighted by atomic mass is 19.4. The second-order valence-electron chi connectivity index (χ2n) is 6.75. The molecule has 2 aliphatic rings. The number of benzene rings is 1. The van der Waals surface area contributed by atoms with Gasteiger partial charge in [0.2, 0.25) is 0 Å². The van der Waals surface area contributed by atoms with E-state index in [1.165, 1.54) is 18.9 Å². The molecule has 25 heavy (non-hydrogen) atoms. The number of halogens is 3. The Labute approximate surface area is 145 Å². The lowest BCUT2D eigenvalue weighted by Gasteiger charge is -2.26. The highest BCUT2D eigenvalue weighted by molar-refractivity contribution is 5.53. The standard InChI is InChI=1S/C19H23F3O3/c1-13-16(23-11-3-6-14-7-8-14)9-10-17(18(13)25-19(20,21)22)24-12-15-4-2-5-15/h3,6,9-10,14-15H,2,4-5,7-8,11-12H2,1H3/b6-3+. The van der Waals surface area contributed by atoms with Crippen molar-refractivity contribution >= 4 is 0 Å². The summed E-state index contributed by atoms with van der Waals surface area (Å²) in [7, 11) is 0. The molecular formula is C19H23F3O3. The monoisotopic (exact) mass is 356 g/mol. The minimum absolute atomic E-state index is 0.114. The molecule has 0 atom stereocenters. The molecule has 0 N–H and O–H groups in total. The van der Waals surface area contributed by atoms with Crippen LogP contribution in [0.2, 0.25) is 0 Å². The molecule has 0 saturated heterocycles. The molecule has 1 aromatic rings. The third-order valence-electron chi connectivity index (χ3n) is 4.60. The van der Waals surface area contributed by atoms with Gasteiger partial charge < -0.3 is 14.2 Å². The van der Waals surface area contributed by atoms with Crippen molar-refractivity contribution in [2.75, 3.05) is 13.2 Å². The van der Waals surface area contributed by atoms with Crippen molar-refractivity contribution in [1.29, 1.82) is 0 Å². The van der Waals surface area contributed by atoms with Crippen molar-refractivity contribution in [3.63, 3.8) is 0 Å². The Morgan fingerprint density at radius 1 is 1.08 bits per heavy atom. The first-order valence-corrected chi connectivity index (χ1v) is 8.74. The number of hydrogen-bond acceptors (Lipinski definition) is 3. The van der Waals surface area contributed by atoms with Gasteiger partial charge in [-0.05, 0) is 56.6 Å². The van der Waals surface area contributed by atoms with Gasteiger partial charge in [-0.1, -0.05) is 18.6 Å². The van der Waals surface area contributed by atoms with Crippen LogP contribution >= 0.6 is 0 Å². The van der Waals surface area contributed by atoms with Gasteiger partial charge in [-0.25, -0.2) is 0 Å². The van der Waals surface area contributed by atoms with E-state index in [0.717, 1.165) is 19.3 Å². The number of alkyl halides is 3. The zero-order valence-electron chi connectivity index (χ0n) is 14.3. The zero-order valence-corrected chi connectivity index (χ0v) is 14.3. The maximum Gasteiger partial charge on any atom is 0.573 e. The Balaban J connectivity index is 1.70. The van der Waals surface area contributed by atoms with Crippen LogP contribution in [0.4, 0.5) is 13.2 Å². The summed E-state index contributed by atoms with van der Waals surface area (Å²) in [6.45, 7) is 2.29. The molecule has 3 nitrogen and oxygen atoms in total. The molecule has 6 heteroatoms. The van der Waals surface area contributed by atoms with Gasteiger partial charge >= 0.3 is 6.36 Å². The molecule has 0 bridgehead atoms. The molecular weight excluding hydrogens is 333 g/mol. The fourth-order valence-corrected chi connectivity index (χ4v) is 2.70. The van der Waals surface area contributed by atoms with Gasteiger partial charge in [0.15, 0.2) is 11.5 Å². The van der Waals surface area contributed by atoms with E-state index in [1.807, 2.05) is 6.08 Å². The van der Waals surface area contributed by atoms with Gasteiger partial charge in [0.25, 0.3) is 0 Å². The lowest BCUT2D eigenvalue weighted by molar-refractivity contribution is -0.275. The summed E-state index contributed by atoms with van der Waals surface area (Å²) in [5.41, 5.74) is 0.295. The second kappa shape index (κ2) is 7.58. The number of ether oxygens (including phenoxy) is 3. The van der Waals surface area contributed by atoms with Crippen molar-refractivity contribution in [2.24, 2.45) is 11.8 Å². The average Bonchev–Trinajstić information content (AvgIpc) is 3.30. The summed E-state index contributed by atoms with van der Waals surface area (Å²) in [5, 5.41) is 0. The lowest BCUT2D eigenvalue weighted by atomic mass is 9.86. The van der Waals surface area contributed by atoms with E-state index in [-0.39, 0.29) is 11.5 Å². The first kappa shape index (κ1) is 18.0. The van der Waals surface area contributed by atoms with Gasteiger partial charge in [0.05, 0.1) is 6.61 Å². The third kappa shape index (κ3) is 5.31. The van der Waals surface area contributed by atoms with Crippen LogP contribution < -0.4 is 14.2 Å². The van der Waals surface area contributed by atoms with Crippen LogP contribution in [-0.2, 0) is 0 Å². The first-order chi connectivity index (χ1) is 11.9. The maximum atomic E-state index is 12.8. The van der Waals surface area contributed by atoms with E-state index >= 15 is 0 Å². The maximum absolute atomic E-state index is 12.8. The Kier molecular flexibility index (Phi) is 5.45. The Hall–Kier alpha value is -1.85. The van der Waals surface area contributed by atoms with Gasteiger partial charge in [-0.3, -0.25) is 0 Å². The SMILES string of the molecule is Cc1c(OC/C=C/C2CC2)ccc(OCC2CCC2)c1OC(F)(F)F. The topological polar surface area (TPSA) is 27.7 Å². The van der Waals surface area contributed by atoms with Crippen LogP contribution in [0, 0.1) is 18.8 Å². The predicted octanol–water partition coefficient (Wildman–Crippen LogP) is 5.42. The molecule has 0 aromatic heterocycles. The summed E-state index contributed by atoms with van der Waals surface area (Å²) >= 11 is 0. The van der Waals surface area contributed by atoms with Gasteiger partial charge in [-0.15, -0.1) is 13.2 Å². The Morgan fingerprint density at radius 2 is 1.80 bits per heavy atom. The Morgan fingerprint density at radius 3 is 2.40 bits per heavy atom. The van der Waals surface area contributed by atoms with Crippen molar-refractivity contribution < 1.29 is 27.4 Å². The minimum Gasteiger partial charge on any atom is -0.489 e. The van der Waals surface area contributed by atoms with E-state index in [0.29, 0.717) is 36.4 Å². The fraction of sp³-hybridized carbons (Fsp3) is 0.579. The zero-order chi connectivity index (χ0) is 17.9. The van der Waals surface area contributed by atoms with Crippen molar-refractivity contribution in [1.82, 2.24) is 0 Å². The molecule has 0 unspecified atom stereocenters. The predicted molar refractivity (Wildman–Crippen MR) is 88.1 cm³/mol. The third-order valence-corrected chi connectivity index (χ3v) is 4.60. The lowest BCUT2D eigenvalue weighted by Crippen LogP contribution is -2.21. The van der Waals surface area contributed by atoms with Crippen LogP contribution in [-0.4, -0.2) is 19.6 Å². The van der Waals surface area contributed by atoms with Crippen molar-refractivity contribution in [3.05, 3.63) is 29.8 Å². The van der Waals surface area contributed by atoms with Gasteiger partial charge in [0.1, 0.15) is 12.4 Å². The summed E-state index contributed by atoms with van der Waals surface area (Å²) in [5.74, 6) is 1.23. The Bertz CT molecular complexity index is 617. The largest absolute Gasteiger partial charge is 0.573 e. The molecule has 138 valence electrons. The normalized spacial score (nSPS) is 18.2. The number of hydrogen-bond donors (Lipinski definition) is 0.